The summed E-state index contributed by atoms with van der Waals surface area (Å²) in [5.74, 6) is -0.210. The summed E-state index contributed by atoms with van der Waals surface area (Å²) in [6.45, 7) is 2.23. The summed E-state index contributed by atoms with van der Waals surface area (Å²) in [6.07, 6.45) is 4.55. The van der Waals surface area contributed by atoms with Crippen LogP contribution in [0.25, 0.3) is 0 Å². The number of thioether (sulfide) groups is 1. The molecule has 0 spiro atoms. The van der Waals surface area contributed by atoms with Gasteiger partial charge in [-0.1, -0.05) is 60.3 Å². The van der Waals surface area contributed by atoms with Gasteiger partial charge in [0, 0.05) is 19.9 Å². The molecule has 2 aromatic rings. The average Bonchev–Trinajstić information content (AvgIpc) is 3.12. The summed E-state index contributed by atoms with van der Waals surface area (Å²) in [7, 11) is 0. The lowest BCUT2D eigenvalue weighted by molar-refractivity contribution is -0.139. The minimum absolute atomic E-state index is 0.00210. The van der Waals surface area contributed by atoms with Crippen LogP contribution >= 0.6 is 11.8 Å². The van der Waals surface area contributed by atoms with Crippen molar-refractivity contribution in [2.75, 3.05) is 6.54 Å². The standard InChI is InChI=1S/C26H28N2O3S/c1-17(29)32-26(15-19-9-2-3-10-20(19)16-26)25(31)27-22-14-18-8-4-5-11-21(18)23-12-6-7-13-28(23)24(22)30/h2-5,8-11,22-23H,6-7,12-16H2,1H3,(H,27,31)/t22-,23+/m0/s1. The van der Waals surface area contributed by atoms with E-state index in [4.69, 9.17) is 0 Å². The Morgan fingerprint density at radius 2 is 1.66 bits per heavy atom. The Balaban J connectivity index is 1.45. The minimum Gasteiger partial charge on any atom is -0.343 e. The maximum atomic E-state index is 13.7. The summed E-state index contributed by atoms with van der Waals surface area (Å²) in [5, 5.41) is 3.02. The molecule has 5 nitrogen and oxygen atoms in total. The third-order valence-corrected chi connectivity index (χ3v) is 8.20. The van der Waals surface area contributed by atoms with Crippen molar-refractivity contribution in [2.24, 2.45) is 0 Å². The van der Waals surface area contributed by atoms with E-state index in [9.17, 15) is 14.4 Å². The second-order valence-electron chi connectivity index (χ2n) is 9.18. The number of nitrogens with one attached hydrogen (secondary N) is 1. The van der Waals surface area contributed by atoms with E-state index in [2.05, 4.69) is 17.4 Å². The molecule has 6 heteroatoms. The van der Waals surface area contributed by atoms with Crippen LogP contribution in [0.4, 0.5) is 0 Å². The largest absolute Gasteiger partial charge is 0.343 e. The van der Waals surface area contributed by atoms with Crippen molar-refractivity contribution in [1.29, 1.82) is 0 Å². The molecule has 1 aliphatic carbocycles. The highest BCUT2D eigenvalue weighted by Gasteiger charge is 2.47. The fraction of sp³-hybridized carbons (Fsp3) is 0.423. The number of benzene rings is 2. The maximum absolute atomic E-state index is 13.7. The van der Waals surface area contributed by atoms with Crippen molar-refractivity contribution in [1.82, 2.24) is 10.2 Å². The summed E-state index contributed by atoms with van der Waals surface area (Å²) in [5.41, 5.74) is 4.54. The molecule has 0 radical (unpaired) electrons. The van der Waals surface area contributed by atoms with Crippen LogP contribution in [0.1, 0.15) is 54.5 Å². The molecule has 0 bridgehead atoms. The van der Waals surface area contributed by atoms with Gasteiger partial charge in [0.25, 0.3) is 0 Å². The molecule has 1 fully saturated rings. The molecule has 2 heterocycles. The minimum atomic E-state index is -0.900. The molecule has 0 aromatic heterocycles. The van der Waals surface area contributed by atoms with Crippen molar-refractivity contribution < 1.29 is 14.4 Å². The Labute approximate surface area is 192 Å². The van der Waals surface area contributed by atoms with E-state index in [0.717, 1.165) is 54.3 Å². The normalized spacial score (nSPS) is 23.5. The Hall–Kier alpha value is -2.60. The van der Waals surface area contributed by atoms with E-state index in [-0.39, 0.29) is 23.0 Å². The first-order valence-electron chi connectivity index (χ1n) is 11.4. The molecule has 2 atom stereocenters. The van der Waals surface area contributed by atoms with Crippen LogP contribution in [0.3, 0.4) is 0 Å². The number of rotatable bonds is 3. The molecule has 166 valence electrons. The van der Waals surface area contributed by atoms with Crippen LogP contribution in [-0.2, 0) is 33.6 Å². The topological polar surface area (TPSA) is 66.5 Å². The van der Waals surface area contributed by atoms with E-state index >= 15 is 0 Å². The van der Waals surface area contributed by atoms with Gasteiger partial charge in [0.05, 0.1) is 6.04 Å². The molecule has 1 saturated heterocycles. The fourth-order valence-corrected chi connectivity index (χ4v) is 6.77. The molecule has 1 N–H and O–H groups in total. The van der Waals surface area contributed by atoms with Crippen molar-refractivity contribution in [3.63, 3.8) is 0 Å². The zero-order chi connectivity index (χ0) is 22.3. The highest BCUT2D eigenvalue weighted by molar-refractivity contribution is 8.15. The van der Waals surface area contributed by atoms with Crippen molar-refractivity contribution >= 4 is 28.7 Å². The monoisotopic (exact) mass is 448 g/mol. The lowest BCUT2D eigenvalue weighted by Crippen LogP contribution is -2.55. The molecule has 0 unspecified atom stereocenters. The second kappa shape index (κ2) is 8.39. The first-order chi connectivity index (χ1) is 15.5. The second-order valence-corrected chi connectivity index (χ2v) is 10.7. The summed E-state index contributed by atoms with van der Waals surface area (Å²) in [6, 6.07) is 15.7. The number of nitrogens with zero attached hydrogens (tertiary/aromatic N) is 1. The predicted molar refractivity (Wildman–Crippen MR) is 125 cm³/mol. The number of fused-ring (bicyclic) bond motifs is 4. The van der Waals surface area contributed by atoms with Crippen molar-refractivity contribution in [2.45, 2.75) is 62.3 Å². The number of hydrogen-bond donors (Lipinski definition) is 1. The zero-order valence-electron chi connectivity index (χ0n) is 18.3. The average molecular weight is 449 g/mol. The number of carbonyl (C=O) groups excluding carboxylic acids is 3. The van der Waals surface area contributed by atoms with Crippen LogP contribution in [-0.4, -0.2) is 39.2 Å². The van der Waals surface area contributed by atoms with E-state index in [1.807, 2.05) is 41.3 Å². The van der Waals surface area contributed by atoms with Gasteiger partial charge in [-0.05, 0) is 54.4 Å². The number of amides is 2. The van der Waals surface area contributed by atoms with Crippen LogP contribution < -0.4 is 5.32 Å². The van der Waals surface area contributed by atoms with E-state index in [1.54, 1.807) is 0 Å². The zero-order valence-corrected chi connectivity index (χ0v) is 19.1. The molecule has 2 amide bonds. The Morgan fingerprint density at radius 1 is 1.00 bits per heavy atom. The SMILES string of the molecule is CC(=O)SC1(C(=O)N[C@H]2Cc3ccccc3[C@H]3CCCCN3C2=O)Cc2ccccc2C1. The fourth-order valence-electron chi connectivity index (χ4n) is 5.61. The molecule has 5 rings (SSSR count). The van der Waals surface area contributed by atoms with E-state index < -0.39 is 10.8 Å². The Kier molecular flexibility index (Phi) is 5.58. The highest BCUT2D eigenvalue weighted by atomic mass is 32.2. The van der Waals surface area contributed by atoms with Gasteiger partial charge in [-0.3, -0.25) is 14.4 Å². The molecular weight excluding hydrogens is 420 g/mol. The van der Waals surface area contributed by atoms with Gasteiger partial charge in [-0.2, -0.15) is 0 Å². The van der Waals surface area contributed by atoms with Crippen LogP contribution in [0.15, 0.2) is 48.5 Å². The summed E-state index contributed by atoms with van der Waals surface area (Å²) >= 11 is 1.10. The van der Waals surface area contributed by atoms with Gasteiger partial charge < -0.3 is 10.2 Å². The van der Waals surface area contributed by atoms with Crippen LogP contribution in [0, 0.1) is 0 Å². The van der Waals surface area contributed by atoms with Crippen LogP contribution in [0.2, 0.25) is 0 Å². The smallest absolute Gasteiger partial charge is 0.246 e. The first-order valence-corrected chi connectivity index (χ1v) is 12.2. The summed E-state index contributed by atoms with van der Waals surface area (Å²) in [4.78, 5) is 41.4. The maximum Gasteiger partial charge on any atom is 0.246 e. The Bertz CT molecular complexity index is 1060. The Morgan fingerprint density at radius 3 is 2.34 bits per heavy atom. The molecule has 32 heavy (non-hydrogen) atoms. The number of hydrogen-bond acceptors (Lipinski definition) is 4. The summed E-state index contributed by atoms with van der Waals surface area (Å²) < 4.78 is -0.900. The number of carbonyl (C=O) groups is 3. The van der Waals surface area contributed by atoms with Gasteiger partial charge in [-0.15, -0.1) is 0 Å². The lowest BCUT2D eigenvalue weighted by atomic mass is 9.92. The van der Waals surface area contributed by atoms with Gasteiger partial charge in [0.1, 0.15) is 10.8 Å². The molecule has 0 saturated carbocycles. The number of piperidine rings is 1. The van der Waals surface area contributed by atoms with Crippen molar-refractivity contribution in [3.05, 3.63) is 70.8 Å². The quantitative estimate of drug-likeness (QED) is 0.779. The molecular formula is C26H28N2O3S. The lowest BCUT2D eigenvalue weighted by Gasteiger charge is -2.37. The molecule has 3 aliphatic rings. The molecule has 2 aliphatic heterocycles. The van der Waals surface area contributed by atoms with Crippen LogP contribution in [0.5, 0.6) is 0 Å². The predicted octanol–water partition coefficient (Wildman–Crippen LogP) is 3.60. The molecule has 2 aromatic carbocycles. The third kappa shape index (κ3) is 3.75. The first kappa shape index (κ1) is 21.3. The third-order valence-electron chi connectivity index (χ3n) is 7.05. The van der Waals surface area contributed by atoms with E-state index in [0.29, 0.717) is 19.3 Å². The highest BCUT2D eigenvalue weighted by Crippen LogP contribution is 2.42. The van der Waals surface area contributed by atoms with Gasteiger partial charge >= 0.3 is 0 Å². The van der Waals surface area contributed by atoms with E-state index in [1.165, 1.54) is 12.5 Å². The van der Waals surface area contributed by atoms with Gasteiger partial charge in [0.2, 0.25) is 11.8 Å². The van der Waals surface area contributed by atoms with Gasteiger partial charge in [-0.25, -0.2) is 0 Å². The van der Waals surface area contributed by atoms with Crippen molar-refractivity contribution in [3.8, 4) is 0 Å². The van der Waals surface area contributed by atoms with Gasteiger partial charge in [0.15, 0.2) is 5.12 Å².